The molecule has 2 aromatic rings. The highest BCUT2D eigenvalue weighted by molar-refractivity contribution is 5.73. The normalized spacial score (nSPS) is 10.0. The second kappa shape index (κ2) is 9.87. The first-order chi connectivity index (χ1) is 12.6. The van der Waals surface area contributed by atoms with Crippen molar-refractivity contribution >= 4 is 17.4 Å². The molecule has 26 heavy (non-hydrogen) atoms. The molecule has 0 fully saturated rings. The molecule has 0 aromatic heterocycles. The van der Waals surface area contributed by atoms with Crippen LogP contribution in [0.1, 0.15) is 5.56 Å². The van der Waals surface area contributed by atoms with Gasteiger partial charge in [-0.05, 0) is 30.7 Å². The molecule has 8 nitrogen and oxygen atoms in total. The highest BCUT2D eigenvalue weighted by atomic mass is 16.6. The number of hydrogen-bond acceptors (Lipinski definition) is 5. The maximum Gasteiger partial charge on any atom is 0.314 e. The lowest BCUT2D eigenvalue weighted by atomic mass is 10.2. The van der Waals surface area contributed by atoms with Crippen molar-refractivity contribution in [3.8, 4) is 5.75 Å². The fourth-order valence-corrected chi connectivity index (χ4v) is 2.26. The molecule has 0 aliphatic heterocycles. The van der Waals surface area contributed by atoms with Crippen LogP contribution in [0.15, 0.2) is 48.5 Å². The number of amides is 2. The van der Waals surface area contributed by atoms with Crippen molar-refractivity contribution in [2.75, 3.05) is 31.6 Å². The van der Waals surface area contributed by atoms with Gasteiger partial charge in [0.1, 0.15) is 18.0 Å². The van der Waals surface area contributed by atoms with Crippen LogP contribution in [0, 0.1) is 17.0 Å². The van der Waals surface area contributed by atoms with E-state index in [9.17, 15) is 14.9 Å². The van der Waals surface area contributed by atoms with Crippen LogP contribution in [-0.4, -0.2) is 37.2 Å². The summed E-state index contributed by atoms with van der Waals surface area (Å²) in [5.74, 6) is 0.765. The van der Waals surface area contributed by atoms with Crippen molar-refractivity contribution in [3.05, 3.63) is 64.2 Å². The molecule has 0 saturated heterocycles. The summed E-state index contributed by atoms with van der Waals surface area (Å²) in [5, 5.41) is 19.2. The molecule has 0 spiro atoms. The average molecular weight is 358 g/mol. The van der Waals surface area contributed by atoms with Crippen LogP contribution < -0.4 is 20.7 Å². The molecular weight excluding hydrogens is 336 g/mol. The number of urea groups is 1. The second-order valence-corrected chi connectivity index (χ2v) is 5.55. The lowest BCUT2D eigenvalue weighted by molar-refractivity contribution is -0.384. The maximum absolute atomic E-state index is 11.7. The molecule has 8 heteroatoms. The Morgan fingerprint density at radius 3 is 2.62 bits per heavy atom. The minimum atomic E-state index is -0.448. The Balaban J connectivity index is 1.60. The number of carbonyl (C=O) groups excluding carboxylic acids is 1. The van der Waals surface area contributed by atoms with Crippen molar-refractivity contribution in [3.63, 3.8) is 0 Å². The van der Waals surface area contributed by atoms with Crippen molar-refractivity contribution in [1.29, 1.82) is 0 Å². The molecule has 2 amide bonds. The zero-order chi connectivity index (χ0) is 18.8. The lowest BCUT2D eigenvalue weighted by Crippen LogP contribution is -2.39. The van der Waals surface area contributed by atoms with Gasteiger partial charge in [0.15, 0.2) is 0 Å². The third kappa shape index (κ3) is 6.31. The molecular formula is C18H22N4O4. The van der Waals surface area contributed by atoms with Crippen LogP contribution in [0.2, 0.25) is 0 Å². The molecule has 0 radical (unpaired) electrons. The average Bonchev–Trinajstić information content (AvgIpc) is 2.63. The van der Waals surface area contributed by atoms with Crippen LogP contribution in [0.5, 0.6) is 5.75 Å². The van der Waals surface area contributed by atoms with Crippen LogP contribution in [-0.2, 0) is 0 Å². The minimum Gasteiger partial charge on any atom is -0.492 e. The summed E-state index contributed by atoms with van der Waals surface area (Å²) in [6.07, 6.45) is 0. The fraction of sp³-hybridized carbons (Fsp3) is 0.278. The molecule has 2 rings (SSSR count). The first-order valence-corrected chi connectivity index (χ1v) is 8.25. The van der Waals surface area contributed by atoms with E-state index in [1.807, 2.05) is 31.2 Å². The number of nitrogens with zero attached hydrogens (tertiary/aromatic N) is 1. The van der Waals surface area contributed by atoms with E-state index in [0.29, 0.717) is 31.9 Å². The van der Waals surface area contributed by atoms with Crippen LogP contribution in [0.4, 0.5) is 16.2 Å². The van der Waals surface area contributed by atoms with Crippen LogP contribution >= 0.6 is 0 Å². The standard InChI is InChI=1S/C18H22N4O4/c1-14-5-4-6-15(13-14)26-12-11-21-18(23)20-10-9-19-16-7-2-3-8-17(16)22(24)25/h2-8,13,19H,9-12H2,1H3,(H2,20,21,23). The molecule has 0 unspecified atom stereocenters. The zero-order valence-electron chi connectivity index (χ0n) is 14.5. The third-order valence-corrected chi connectivity index (χ3v) is 3.47. The molecule has 0 aliphatic rings. The first-order valence-electron chi connectivity index (χ1n) is 8.25. The van der Waals surface area contributed by atoms with Gasteiger partial charge in [0.2, 0.25) is 0 Å². The number of benzene rings is 2. The van der Waals surface area contributed by atoms with E-state index in [4.69, 9.17) is 4.74 Å². The number of hydrogen-bond donors (Lipinski definition) is 3. The van der Waals surface area contributed by atoms with Crippen molar-refractivity contribution < 1.29 is 14.5 Å². The van der Waals surface area contributed by atoms with Gasteiger partial charge >= 0.3 is 6.03 Å². The quantitative estimate of drug-likeness (QED) is 0.363. The fourth-order valence-electron chi connectivity index (χ4n) is 2.26. The number of para-hydroxylation sites is 2. The summed E-state index contributed by atoms with van der Waals surface area (Å²) < 4.78 is 5.54. The highest BCUT2D eigenvalue weighted by Gasteiger charge is 2.11. The topological polar surface area (TPSA) is 106 Å². The summed E-state index contributed by atoms with van der Waals surface area (Å²) in [6.45, 7) is 3.42. The highest BCUT2D eigenvalue weighted by Crippen LogP contribution is 2.22. The van der Waals surface area contributed by atoms with Crippen LogP contribution in [0.3, 0.4) is 0 Å². The Hall–Kier alpha value is -3.29. The molecule has 0 aliphatic carbocycles. The smallest absolute Gasteiger partial charge is 0.314 e. The van der Waals surface area contributed by atoms with E-state index < -0.39 is 4.92 Å². The molecule has 2 aromatic carbocycles. The second-order valence-electron chi connectivity index (χ2n) is 5.55. The molecule has 0 heterocycles. The summed E-state index contributed by atoms with van der Waals surface area (Å²) in [6, 6.07) is 13.7. The maximum atomic E-state index is 11.7. The summed E-state index contributed by atoms with van der Waals surface area (Å²) in [7, 11) is 0. The van der Waals surface area contributed by atoms with Gasteiger partial charge in [0.05, 0.1) is 11.5 Å². The monoisotopic (exact) mass is 358 g/mol. The number of rotatable bonds is 9. The Kier molecular flexibility index (Phi) is 7.23. The van der Waals surface area contributed by atoms with E-state index >= 15 is 0 Å². The third-order valence-electron chi connectivity index (χ3n) is 3.47. The van der Waals surface area contributed by atoms with E-state index in [0.717, 1.165) is 11.3 Å². The van der Waals surface area contributed by atoms with E-state index in [1.54, 1.807) is 18.2 Å². The van der Waals surface area contributed by atoms with E-state index in [2.05, 4.69) is 16.0 Å². The van der Waals surface area contributed by atoms with Gasteiger partial charge in [-0.25, -0.2) is 4.79 Å². The van der Waals surface area contributed by atoms with Crippen molar-refractivity contribution in [2.45, 2.75) is 6.92 Å². The van der Waals surface area contributed by atoms with E-state index in [1.165, 1.54) is 6.07 Å². The van der Waals surface area contributed by atoms with Gasteiger partial charge in [-0.15, -0.1) is 0 Å². The van der Waals surface area contributed by atoms with Gasteiger partial charge in [0.25, 0.3) is 5.69 Å². The van der Waals surface area contributed by atoms with Crippen molar-refractivity contribution in [1.82, 2.24) is 10.6 Å². The summed E-state index contributed by atoms with van der Waals surface area (Å²) in [4.78, 5) is 22.1. The number of carbonyl (C=O) groups is 1. The zero-order valence-corrected chi connectivity index (χ0v) is 14.5. The van der Waals surface area contributed by atoms with Crippen molar-refractivity contribution in [2.24, 2.45) is 0 Å². The Labute approximate surface area is 151 Å². The van der Waals surface area contributed by atoms with Gasteiger partial charge in [-0.1, -0.05) is 24.3 Å². The number of nitrogens with one attached hydrogen (secondary N) is 3. The molecule has 0 atom stereocenters. The predicted octanol–water partition coefficient (Wildman–Crippen LogP) is 2.69. The lowest BCUT2D eigenvalue weighted by Gasteiger charge is -2.10. The number of nitro benzene ring substituents is 1. The van der Waals surface area contributed by atoms with Gasteiger partial charge in [-0.3, -0.25) is 10.1 Å². The number of nitro groups is 1. The Bertz CT molecular complexity index is 751. The van der Waals surface area contributed by atoms with Gasteiger partial charge < -0.3 is 20.7 Å². The molecule has 0 bridgehead atoms. The molecule has 3 N–H and O–H groups in total. The summed E-state index contributed by atoms with van der Waals surface area (Å²) >= 11 is 0. The number of anilines is 1. The van der Waals surface area contributed by atoms with Gasteiger partial charge in [0, 0.05) is 19.2 Å². The first kappa shape index (κ1) is 19.0. The van der Waals surface area contributed by atoms with Crippen LogP contribution in [0.25, 0.3) is 0 Å². The largest absolute Gasteiger partial charge is 0.492 e. The Morgan fingerprint density at radius 1 is 1.08 bits per heavy atom. The molecule has 138 valence electrons. The van der Waals surface area contributed by atoms with E-state index in [-0.39, 0.29) is 11.7 Å². The summed E-state index contributed by atoms with van der Waals surface area (Å²) in [5.41, 5.74) is 1.54. The SMILES string of the molecule is Cc1cccc(OCCNC(=O)NCCNc2ccccc2[N+](=O)[O-])c1. The number of ether oxygens (including phenoxy) is 1. The van der Waals surface area contributed by atoms with Gasteiger partial charge in [-0.2, -0.15) is 0 Å². The number of aryl methyl sites for hydroxylation is 1. The Morgan fingerprint density at radius 2 is 1.85 bits per heavy atom. The minimum absolute atomic E-state index is 0.00486. The molecule has 0 saturated carbocycles. The predicted molar refractivity (Wildman–Crippen MR) is 99.7 cm³/mol.